The van der Waals surface area contributed by atoms with Crippen LogP contribution in [-0.2, 0) is 46.4 Å². The second-order valence-electron chi connectivity index (χ2n) is 15.1. The highest BCUT2D eigenvalue weighted by molar-refractivity contribution is 5.93. The molecule has 19 nitrogen and oxygen atoms in total. The second kappa shape index (κ2) is 27.6. The Morgan fingerprint density at radius 1 is 0.689 bits per heavy atom. The number of benzene rings is 2. The molecule has 0 heterocycles. The van der Waals surface area contributed by atoms with Gasteiger partial charge in [-0.3, -0.25) is 33.8 Å². The van der Waals surface area contributed by atoms with Crippen molar-refractivity contribution in [3.8, 4) is 0 Å². The van der Waals surface area contributed by atoms with Crippen molar-refractivity contribution in [2.24, 2.45) is 28.1 Å². The average Bonchev–Trinajstić information content (AvgIpc) is 3.22. The van der Waals surface area contributed by atoms with Crippen LogP contribution in [0.3, 0.4) is 0 Å². The zero-order chi connectivity index (χ0) is 45.3. The van der Waals surface area contributed by atoms with E-state index in [4.69, 9.17) is 17.2 Å². The second-order valence-corrected chi connectivity index (χ2v) is 15.1. The van der Waals surface area contributed by atoms with Crippen LogP contribution in [0.15, 0.2) is 65.7 Å². The van der Waals surface area contributed by atoms with Crippen molar-refractivity contribution in [1.29, 1.82) is 0 Å². The van der Waals surface area contributed by atoms with E-state index in [0.717, 1.165) is 11.1 Å². The SMILES string of the molecule is CCCC[C@H](NC(=O)CNC(=O)[C@H](CCC(=O)O)NC(=O)[C@H](Cc1ccccc1)NC[C@H](Cc1ccccc1)NC(=O)[C@@H](NC(=O)[C@@H](N)CCCN=C(N)N)C(C)C)C(=O)O. The molecule has 5 amide bonds. The first-order chi connectivity index (χ1) is 29.0. The molecular weight excluding hydrogens is 789 g/mol. The third-order valence-electron chi connectivity index (χ3n) is 9.62. The van der Waals surface area contributed by atoms with E-state index in [1.54, 1.807) is 26.0 Å². The maximum absolute atomic E-state index is 14.1. The Morgan fingerprint density at radius 2 is 1.31 bits per heavy atom. The third kappa shape index (κ3) is 20.6. The number of carbonyl (C=O) groups is 7. The minimum atomic E-state index is -1.38. The van der Waals surface area contributed by atoms with Crippen LogP contribution in [0.4, 0.5) is 0 Å². The van der Waals surface area contributed by atoms with Gasteiger partial charge in [0.1, 0.15) is 18.1 Å². The zero-order valence-corrected chi connectivity index (χ0v) is 35.2. The lowest BCUT2D eigenvalue weighted by Crippen LogP contribution is -2.58. The summed E-state index contributed by atoms with van der Waals surface area (Å²) in [6, 6.07) is 12.3. The topological polar surface area (TPSA) is 323 Å². The molecule has 14 N–H and O–H groups in total. The van der Waals surface area contributed by atoms with Gasteiger partial charge in [-0.2, -0.15) is 0 Å². The Bertz CT molecular complexity index is 1740. The Balaban J connectivity index is 2.30. The van der Waals surface area contributed by atoms with Gasteiger partial charge in [-0.15, -0.1) is 0 Å². The lowest BCUT2D eigenvalue weighted by molar-refractivity contribution is -0.142. The van der Waals surface area contributed by atoms with Crippen molar-refractivity contribution in [1.82, 2.24) is 31.9 Å². The number of aliphatic imine (C=N–C) groups is 1. The molecule has 2 rings (SSSR count). The summed E-state index contributed by atoms with van der Waals surface area (Å²) >= 11 is 0. The predicted molar refractivity (Wildman–Crippen MR) is 230 cm³/mol. The molecule has 0 saturated carbocycles. The standard InChI is InChI=1S/C42H64N10O9/c1-4-5-18-32(41(60)61)50-34(53)25-48-38(57)31(19-20-35(54)55)51-39(58)33(23-28-15-10-7-11-16-28)47-24-29(22-27-13-8-6-9-14-27)49-40(59)36(26(2)3)52-37(56)30(43)17-12-21-46-42(44)45/h6-11,13-16,26,29-33,36,47H,4-5,12,17-25,43H2,1-3H3,(H,48,57)(H,49,59)(H,50,53)(H,51,58)(H,52,56)(H,54,55)(H,60,61)(H4,44,45,46)/t29-,30-,31-,32-,33-,36-/m0/s1. The van der Waals surface area contributed by atoms with Crippen LogP contribution < -0.4 is 49.1 Å². The van der Waals surface area contributed by atoms with Gasteiger partial charge >= 0.3 is 11.9 Å². The van der Waals surface area contributed by atoms with E-state index < -0.39 is 90.7 Å². The van der Waals surface area contributed by atoms with E-state index >= 15 is 0 Å². The molecule has 0 bridgehead atoms. The summed E-state index contributed by atoms with van der Waals surface area (Å²) < 4.78 is 0. The van der Waals surface area contributed by atoms with Crippen LogP contribution in [-0.4, -0.2) is 114 Å². The van der Waals surface area contributed by atoms with E-state index in [1.165, 1.54) is 0 Å². The highest BCUT2D eigenvalue weighted by Gasteiger charge is 2.31. The number of nitrogens with two attached hydrogens (primary N) is 3. The van der Waals surface area contributed by atoms with Gasteiger partial charge in [-0.1, -0.05) is 94.3 Å². The van der Waals surface area contributed by atoms with E-state index in [0.29, 0.717) is 32.2 Å². The van der Waals surface area contributed by atoms with Gasteiger partial charge in [0.15, 0.2) is 5.96 Å². The molecule has 19 heteroatoms. The third-order valence-corrected chi connectivity index (χ3v) is 9.62. The van der Waals surface area contributed by atoms with Crippen LogP contribution >= 0.6 is 0 Å². The molecule has 0 saturated heterocycles. The minimum absolute atomic E-state index is 0.0452. The summed E-state index contributed by atoms with van der Waals surface area (Å²) in [5.41, 5.74) is 18.5. The van der Waals surface area contributed by atoms with Crippen molar-refractivity contribution >= 4 is 47.4 Å². The molecule has 6 atom stereocenters. The van der Waals surface area contributed by atoms with Crippen molar-refractivity contribution in [3.05, 3.63) is 71.8 Å². The first-order valence-electron chi connectivity index (χ1n) is 20.6. The molecule has 0 aliphatic rings. The average molecular weight is 853 g/mol. The first kappa shape index (κ1) is 51.1. The molecule has 336 valence electrons. The predicted octanol–water partition coefficient (Wildman–Crippen LogP) is -0.338. The fourth-order valence-electron chi connectivity index (χ4n) is 6.21. The number of hydrogen-bond donors (Lipinski definition) is 11. The van der Waals surface area contributed by atoms with E-state index in [1.807, 2.05) is 55.5 Å². The van der Waals surface area contributed by atoms with E-state index in [9.17, 15) is 43.8 Å². The summed E-state index contributed by atoms with van der Waals surface area (Å²) in [4.78, 5) is 94.0. The molecule has 2 aromatic rings. The van der Waals surface area contributed by atoms with Crippen molar-refractivity contribution in [3.63, 3.8) is 0 Å². The lowest BCUT2D eigenvalue weighted by Gasteiger charge is -2.28. The summed E-state index contributed by atoms with van der Waals surface area (Å²) in [5.74, 6) is -6.10. The fraction of sp³-hybridized carbons (Fsp3) is 0.524. The number of amides is 5. The number of unbranched alkanes of at least 4 members (excludes halogenated alkanes) is 1. The molecule has 0 spiro atoms. The molecule has 0 aliphatic carbocycles. The van der Waals surface area contributed by atoms with Crippen LogP contribution in [0, 0.1) is 5.92 Å². The first-order valence-corrected chi connectivity index (χ1v) is 20.6. The van der Waals surface area contributed by atoms with Crippen molar-refractivity contribution < 1.29 is 43.8 Å². The van der Waals surface area contributed by atoms with Crippen LogP contribution in [0.5, 0.6) is 0 Å². The lowest BCUT2D eigenvalue weighted by atomic mass is 9.99. The normalized spacial score (nSPS) is 13.9. The number of nitrogens with one attached hydrogen (secondary N) is 6. The summed E-state index contributed by atoms with van der Waals surface area (Å²) in [7, 11) is 0. The molecule has 0 fully saturated rings. The number of aliphatic carboxylic acids is 2. The van der Waals surface area contributed by atoms with Crippen LogP contribution in [0.2, 0.25) is 0 Å². The summed E-state index contributed by atoms with van der Waals surface area (Å²) in [6.45, 7) is 5.17. The van der Waals surface area contributed by atoms with Gasteiger partial charge in [0.2, 0.25) is 29.5 Å². The van der Waals surface area contributed by atoms with Crippen LogP contribution in [0.25, 0.3) is 0 Å². The quantitative estimate of drug-likeness (QED) is 0.0284. The Kier molecular flexibility index (Phi) is 23.1. The molecule has 0 radical (unpaired) electrons. The van der Waals surface area contributed by atoms with Gasteiger partial charge in [-0.05, 0) is 55.6 Å². The molecule has 0 aliphatic heterocycles. The number of guanidine groups is 1. The Morgan fingerprint density at radius 3 is 1.87 bits per heavy atom. The highest BCUT2D eigenvalue weighted by atomic mass is 16.4. The van der Waals surface area contributed by atoms with Gasteiger partial charge in [0, 0.05) is 25.6 Å². The van der Waals surface area contributed by atoms with Crippen molar-refractivity contribution in [2.45, 2.75) is 115 Å². The maximum atomic E-state index is 14.1. The van der Waals surface area contributed by atoms with Crippen LogP contribution in [0.1, 0.15) is 76.8 Å². The van der Waals surface area contributed by atoms with E-state index in [2.05, 4.69) is 36.9 Å². The van der Waals surface area contributed by atoms with Crippen molar-refractivity contribution in [2.75, 3.05) is 19.6 Å². The zero-order valence-electron chi connectivity index (χ0n) is 35.2. The number of carboxylic acids is 2. The minimum Gasteiger partial charge on any atom is -0.481 e. The summed E-state index contributed by atoms with van der Waals surface area (Å²) in [6.07, 6.45) is 1.86. The smallest absolute Gasteiger partial charge is 0.326 e. The van der Waals surface area contributed by atoms with Gasteiger partial charge in [-0.25, -0.2) is 4.79 Å². The molecular formula is C42H64N10O9. The number of nitrogens with zero attached hydrogens (tertiary/aromatic N) is 1. The number of hydrogen-bond acceptors (Lipinski definition) is 10. The molecule has 61 heavy (non-hydrogen) atoms. The monoisotopic (exact) mass is 852 g/mol. The molecule has 0 unspecified atom stereocenters. The molecule has 2 aromatic carbocycles. The number of carboxylic acid groups (broad SMARTS) is 2. The van der Waals surface area contributed by atoms with Gasteiger partial charge in [0.25, 0.3) is 0 Å². The largest absolute Gasteiger partial charge is 0.481 e. The van der Waals surface area contributed by atoms with Gasteiger partial charge in [0.05, 0.1) is 18.6 Å². The molecule has 0 aromatic heterocycles. The fourth-order valence-corrected chi connectivity index (χ4v) is 6.21. The number of carbonyl (C=O) groups excluding carboxylic acids is 5. The maximum Gasteiger partial charge on any atom is 0.326 e. The highest BCUT2D eigenvalue weighted by Crippen LogP contribution is 2.10. The Labute approximate surface area is 356 Å². The summed E-state index contributed by atoms with van der Waals surface area (Å²) in [5, 5.41) is 35.3. The van der Waals surface area contributed by atoms with E-state index in [-0.39, 0.29) is 44.1 Å². The number of rotatable bonds is 29. The van der Waals surface area contributed by atoms with Gasteiger partial charge < -0.3 is 59.3 Å². The Hall–Kier alpha value is -6.08.